The second-order valence-corrected chi connectivity index (χ2v) is 5.05. The Balaban J connectivity index is 2.14. The van der Waals surface area contributed by atoms with Crippen molar-refractivity contribution in [3.05, 3.63) is 41.9 Å². The summed E-state index contributed by atoms with van der Waals surface area (Å²) >= 11 is 0. The van der Waals surface area contributed by atoms with Gasteiger partial charge >= 0.3 is 0 Å². The standard InChI is InChI=1S/C14H18N4O2/c1-9(2)8-12(14-18-17-10(3)20-14)16-13(19)11-4-6-15-7-5-11/h4-7,9,12H,8H2,1-3H3,(H,16,19). The van der Waals surface area contributed by atoms with E-state index >= 15 is 0 Å². The van der Waals surface area contributed by atoms with Gasteiger partial charge < -0.3 is 9.73 Å². The molecule has 0 aliphatic rings. The van der Waals surface area contributed by atoms with Crippen LogP contribution in [0.2, 0.25) is 0 Å². The van der Waals surface area contributed by atoms with Gasteiger partial charge in [-0.25, -0.2) is 0 Å². The van der Waals surface area contributed by atoms with E-state index in [0.717, 1.165) is 6.42 Å². The number of aryl methyl sites for hydroxylation is 1. The molecule has 2 heterocycles. The molecular formula is C14H18N4O2. The maximum absolute atomic E-state index is 12.2. The summed E-state index contributed by atoms with van der Waals surface area (Å²) in [6, 6.07) is 3.05. The highest BCUT2D eigenvalue weighted by atomic mass is 16.4. The third kappa shape index (κ3) is 3.63. The van der Waals surface area contributed by atoms with Gasteiger partial charge in [0.2, 0.25) is 11.8 Å². The van der Waals surface area contributed by atoms with E-state index in [1.807, 2.05) is 0 Å². The van der Waals surface area contributed by atoms with Gasteiger partial charge in [0.25, 0.3) is 5.91 Å². The van der Waals surface area contributed by atoms with Gasteiger partial charge in [0.1, 0.15) is 6.04 Å². The van der Waals surface area contributed by atoms with Crippen molar-refractivity contribution in [3.63, 3.8) is 0 Å². The average Bonchev–Trinajstić information content (AvgIpc) is 2.85. The van der Waals surface area contributed by atoms with Crippen molar-refractivity contribution in [1.82, 2.24) is 20.5 Å². The molecule has 6 nitrogen and oxygen atoms in total. The van der Waals surface area contributed by atoms with Crippen molar-refractivity contribution in [1.29, 1.82) is 0 Å². The summed E-state index contributed by atoms with van der Waals surface area (Å²) in [6.07, 6.45) is 3.91. The number of pyridine rings is 1. The molecule has 0 fully saturated rings. The summed E-state index contributed by atoms with van der Waals surface area (Å²) in [5.74, 6) is 1.16. The van der Waals surface area contributed by atoms with Crippen LogP contribution in [-0.2, 0) is 0 Å². The van der Waals surface area contributed by atoms with E-state index in [4.69, 9.17) is 4.42 Å². The Labute approximate surface area is 117 Å². The minimum absolute atomic E-state index is 0.172. The van der Waals surface area contributed by atoms with Crippen LogP contribution in [0.4, 0.5) is 0 Å². The number of rotatable bonds is 5. The zero-order valence-corrected chi connectivity index (χ0v) is 11.8. The molecule has 0 aliphatic heterocycles. The Hall–Kier alpha value is -2.24. The van der Waals surface area contributed by atoms with E-state index in [9.17, 15) is 4.79 Å². The minimum Gasteiger partial charge on any atom is -0.423 e. The zero-order valence-electron chi connectivity index (χ0n) is 11.8. The number of nitrogens with one attached hydrogen (secondary N) is 1. The third-order valence-corrected chi connectivity index (χ3v) is 2.79. The Morgan fingerprint density at radius 1 is 1.30 bits per heavy atom. The average molecular weight is 274 g/mol. The smallest absolute Gasteiger partial charge is 0.252 e. The van der Waals surface area contributed by atoms with Crippen LogP contribution >= 0.6 is 0 Å². The Bertz CT molecular complexity index is 566. The highest BCUT2D eigenvalue weighted by molar-refractivity contribution is 5.94. The van der Waals surface area contributed by atoms with Crippen LogP contribution in [0, 0.1) is 12.8 Å². The Morgan fingerprint density at radius 2 is 2.00 bits per heavy atom. The second-order valence-electron chi connectivity index (χ2n) is 5.05. The van der Waals surface area contributed by atoms with Crippen LogP contribution in [-0.4, -0.2) is 21.1 Å². The van der Waals surface area contributed by atoms with Crippen molar-refractivity contribution >= 4 is 5.91 Å². The molecule has 0 saturated heterocycles. The largest absolute Gasteiger partial charge is 0.423 e. The first kappa shape index (κ1) is 14.2. The van der Waals surface area contributed by atoms with Crippen molar-refractivity contribution in [2.24, 2.45) is 5.92 Å². The molecule has 1 N–H and O–H groups in total. The number of aromatic nitrogens is 3. The summed E-state index contributed by atoms with van der Waals surface area (Å²) < 4.78 is 5.43. The van der Waals surface area contributed by atoms with Crippen LogP contribution in [0.15, 0.2) is 28.9 Å². The summed E-state index contributed by atoms with van der Waals surface area (Å²) in [7, 11) is 0. The molecule has 0 bridgehead atoms. The molecule has 1 atom stereocenters. The molecule has 106 valence electrons. The lowest BCUT2D eigenvalue weighted by Crippen LogP contribution is -2.29. The Kier molecular flexibility index (Phi) is 4.45. The Morgan fingerprint density at radius 3 is 2.55 bits per heavy atom. The van der Waals surface area contributed by atoms with Crippen LogP contribution in [0.1, 0.15) is 48.4 Å². The van der Waals surface area contributed by atoms with Gasteiger partial charge in [0.15, 0.2) is 0 Å². The molecule has 2 aromatic rings. The van der Waals surface area contributed by atoms with Gasteiger partial charge in [0, 0.05) is 24.9 Å². The molecule has 0 aliphatic carbocycles. The van der Waals surface area contributed by atoms with Crippen molar-refractivity contribution in [2.75, 3.05) is 0 Å². The van der Waals surface area contributed by atoms with Gasteiger partial charge in [-0.1, -0.05) is 13.8 Å². The van der Waals surface area contributed by atoms with Crippen molar-refractivity contribution in [3.8, 4) is 0 Å². The predicted molar refractivity (Wildman–Crippen MR) is 72.9 cm³/mol. The molecule has 0 radical (unpaired) electrons. The summed E-state index contributed by atoms with van der Waals surface area (Å²) in [4.78, 5) is 16.1. The van der Waals surface area contributed by atoms with E-state index in [1.54, 1.807) is 31.5 Å². The van der Waals surface area contributed by atoms with Crippen molar-refractivity contribution < 1.29 is 9.21 Å². The highest BCUT2D eigenvalue weighted by Gasteiger charge is 2.22. The fourth-order valence-electron chi connectivity index (χ4n) is 1.89. The molecule has 0 aromatic carbocycles. The maximum Gasteiger partial charge on any atom is 0.252 e. The number of hydrogen-bond acceptors (Lipinski definition) is 5. The number of nitrogens with zero attached hydrogens (tertiary/aromatic N) is 3. The van der Waals surface area contributed by atoms with E-state index in [1.165, 1.54) is 0 Å². The predicted octanol–water partition coefficient (Wildman–Crippen LogP) is 2.29. The van der Waals surface area contributed by atoms with Gasteiger partial charge in [-0.05, 0) is 24.5 Å². The van der Waals surface area contributed by atoms with E-state index < -0.39 is 0 Å². The normalized spacial score (nSPS) is 12.4. The molecule has 2 rings (SSSR count). The molecule has 20 heavy (non-hydrogen) atoms. The van der Waals surface area contributed by atoms with Gasteiger partial charge in [-0.15, -0.1) is 10.2 Å². The van der Waals surface area contributed by atoms with Crippen LogP contribution < -0.4 is 5.32 Å². The topological polar surface area (TPSA) is 80.9 Å². The van der Waals surface area contributed by atoms with Crippen molar-refractivity contribution in [2.45, 2.75) is 33.2 Å². The SMILES string of the molecule is Cc1nnc(C(CC(C)C)NC(=O)c2ccncc2)o1. The quantitative estimate of drug-likeness (QED) is 0.904. The molecule has 6 heteroatoms. The van der Waals surface area contributed by atoms with Crippen LogP contribution in [0.5, 0.6) is 0 Å². The third-order valence-electron chi connectivity index (χ3n) is 2.79. The first-order valence-corrected chi connectivity index (χ1v) is 6.57. The minimum atomic E-state index is -0.281. The summed E-state index contributed by atoms with van der Waals surface area (Å²) in [5.41, 5.74) is 0.560. The summed E-state index contributed by atoms with van der Waals surface area (Å²) in [5, 5.41) is 10.8. The first-order chi connectivity index (χ1) is 9.56. The molecule has 0 spiro atoms. The molecule has 1 amide bonds. The van der Waals surface area contributed by atoms with Gasteiger partial charge in [0.05, 0.1) is 0 Å². The molecular weight excluding hydrogens is 256 g/mol. The van der Waals surface area contributed by atoms with E-state index in [2.05, 4.69) is 34.3 Å². The first-order valence-electron chi connectivity index (χ1n) is 6.57. The molecule has 1 unspecified atom stereocenters. The maximum atomic E-state index is 12.2. The number of carbonyl (C=O) groups excluding carboxylic acids is 1. The monoisotopic (exact) mass is 274 g/mol. The lowest BCUT2D eigenvalue weighted by Gasteiger charge is -2.17. The van der Waals surface area contributed by atoms with E-state index in [0.29, 0.717) is 23.3 Å². The fourth-order valence-corrected chi connectivity index (χ4v) is 1.89. The lowest BCUT2D eigenvalue weighted by molar-refractivity contribution is 0.0924. The van der Waals surface area contributed by atoms with Gasteiger partial charge in [-0.2, -0.15) is 0 Å². The van der Waals surface area contributed by atoms with E-state index in [-0.39, 0.29) is 11.9 Å². The second kappa shape index (κ2) is 6.27. The summed E-state index contributed by atoms with van der Waals surface area (Å²) in [6.45, 7) is 5.89. The zero-order chi connectivity index (χ0) is 14.5. The number of hydrogen-bond donors (Lipinski definition) is 1. The lowest BCUT2D eigenvalue weighted by atomic mass is 10.0. The number of carbonyl (C=O) groups is 1. The number of amides is 1. The molecule has 0 saturated carbocycles. The van der Waals surface area contributed by atoms with Crippen LogP contribution in [0.25, 0.3) is 0 Å². The molecule has 2 aromatic heterocycles. The van der Waals surface area contributed by atoms with Gasteiger partial charge in [-0.3, -0.25) is 9.78 Å². The van der Waals surface area contributed by atoms with Crippen LogP contribution in [0.3, 0.4) is 0 Å². The fraction of sp³-hybridized carbons (Fsp3) is 0.429. The highest BCUT2D eigenvalue weighted by Crippen LogP contribution is 2.20.